The van der Waals surface area contributed by atoms with Gasteiger partial charge in [0.05, 0.1) is 17.9 Å². The summed E-state index contributed by atoms with van der Waals surface area (Å²) in [6.45, 7) is 5.06. The summed E-state index contributed by atoms with van der Waals surface area (Å²) in [5.74, 6) is -0.806. The number of Topliss-reactive ketones (excluding diaryl/α,β-unsaturated/α-hetero) is 1. The van der Waals surface area contributed by atoms with Crippen molar-refractivity contribution >= 4 is 28.2 Å². The van der Waals surface area contributed by atoms with Crippen molar-refractivity contribution in [3.05, 3.63) is 77.9 Å². The number of para-hydroxylation sites is 1. The van der Waals surface area contributed by atoms with Gasteiger partial charge in [-0.15, -0.1) is 0 Å². The largest absolute Gasteiger partial charge is 0.300 e. The first kappa shape index (κ1) is 18.0. The number of ketones is 1. The van der Waals surface area contributed by atoms with Crippen LogP contribution in [0.3, 0.4) is 0 Å². The maximum absolute atomic E-state index is 12.4. The summed E-state index contributed by atoms with van der Waals surface area (Å²) in [4.78, 5) is 30.9. The molecule has 3 aromatic carbocycles. The first-order valence-corrected chi connectivity index (χ1v) is 10.1. The first-order chi connectivity index (χ1) is 14.2. The van der Waals surface area contributed by atoms with Gasteiger partial charge in [0.2, 0.25) is 0 Å². The molecule has 0 saturated carbocycles. The molecule has 2 heterocycles. The van der Waals surface area contributed by atoms with E-state index in [1.165, 1.54) is 16.3 Å². The normalized spacial score (nSPS) is 17.9. The molecule has 0 radical (unpaired) electrons. The Hall–Kier alpha value is -3.02. The van der Waals surface area contributed by atoms with Crippen molar-refractivity contribution in [3.8, 4) is 0 Å². The van der Waals surface area contributed by atoms with E-state index in [1.54, 1.807) is 17.0 Å². The number of benzene rings is 3. The number of nitrogens with zero attached hydrogens (tertiary/aromatic N) is 3. The maximum Gasteiger partial charge on any atom is 0.300 e. The fourth-order valence-corrected chi connectivity index (χ4v) is 4.35. The number of fused-ring (bicyclic) bond motifs is 2. The highest BCUT2D eigenvalue weighted by Crippen LogP contribution is 2.29. The lowest BCUT2D eigenvalue weighted by molar-refractivity contribution is -0.114. The maximum atomic E-state index is 12.4. The lowest BCUT2D eigenvalue weighted by Crippen LogP contribution is -2.50. The number of carbonyl (C=O) groups is 2. The highest BCUT2D eigenvalue weighted by atomic mass is 16.2. The summed E-state index contributed by atoms with van der Waals surface area (Å²) in [7, 11) is 0. The van der Waals surface area contributed by atoms with E-state index in [-0.39, 0.29) is 0 Å². The van der Waals surface area contributed by atoms with E-state index in [0.29, 0.717) is 12.2 Å². The molecule has 3 aromatic rings. The van der Waals surface area contributed by atoms with Crippen molar-refractivity contribution in [3.63, 3.8) is 0 Å². The van der Waals surface area contributed by atoms with Gasteiger partial charge < -0.3 is 0 Å². The average molecular weight is 385 g/mol. The van der Waals surface area contributed by atoms with Gasteiger partial charge in [-0.25, -0.2) is 0 Å². The number of hydrogen-bond acceptors (Lipinski definition) is 4. The fourth-order valence-electron chi connectivity index (χ4n) is 4.35. The van der Waals surface area contributed by atoms with Gasteiger partial charge in [0, 0.05) is 32.7 Å². The summed E-state index contributed by atoms with van der Waals surface area (Å²) in [5.41, 5.74) is 2.61. The lowest BCUT2D eigenvalue weighted by atomic mass is 10.0. The molecule has 0 aromatic heterocycles. The van der Waals surface area contributed by atoms with Crippen LogP contribution in [0.2, 0.25) is 0 Å². The molecule has 0 unspecified atom stereocenters. The molecule has 1 saturated heterocycles. The zero-order valence-electron chi connectivity index (χ0n) is 16.3. The van der Waals surface area contributed by atoms with Gasteiger partial charge in [-0.1, -0.05) is 54.6 Å². The Labute approximate surface area is 170 Å². The fraction of sp³-hybridized carbons (Fsp3) is 0.250. The molecule has 29 heavy (non-hydrogen) atoms. The molecule has 5 rings (SSSR count). The highest BCUT2D eigenvalue weighted by Gasteiger charge is 2.36. The van der Waals surface area contributed by atoms with Gasteiger partial charge in [0.15, 0.2) is 0 Å². The van der Waals surface area contributed by atoms with Crippen LogP contribution in [0.1, 0.15) is 15.9 Å². The van der Waals surface area contributed by atoms with Crippen LogP contribution in [-0.2, 0) is 11.3 Å². The van der Waals surface area contributed by atoms with E-state index < -0.39 is 11.7 Å². The standard InChI is InChI=1S/C24H23N3O2/c28-23-21-10-3-4-11-22(21)27(24(23)29)17-26-14-12-25(13-15-26)16-19-8-5-7-18-6-1-2-9-20(18)19/h1-11H,12-17H2. The Kier molecular flexibility index (Phi) is 4.62. The van der Waals surface area contributed by atoms with Crippen LogP contribution in [0.25, 0.3) is 10.8 Å². The molecule has 1 fully saturated rings. The Bertz CT molecular complexity index is 1080. The van der Waals surface area contributed by atoms with E-state index in [0.717, 1.165) is 38.4 Å². The minimum Gasteiger partial charge on any atom is -0.297 e. The minimum absolute atomic E-state index is 0.393. The SMILES string of the molecule is O=C1C(=O)N(CN2CCN(Cc3cccc4ccccc34)CC2)c2ccccc21. The van der Waals surface area contributed by atoms with E-state index in [9.17, 15) is 9.59 Å². The number of anilines is 1. The van der Waals surface area contributed by atoms with Crippen molar-refractivity contribution in [2.45, 2.75) is 6.54 Å². The molecule has 0 spiro atoms. The quantitative estimate of drug-likeness (QED) is 0.647. The number of rotatable bonds is 4. The predicted molar refractivity (Wildman–Crippen MR) is 114 cm³/mol. The summed E-state index contributed by atoms with van der Waals surface area (Å²) in [5, 5.41) is 2.59. The zero-order valence-corrected chi connectivity index (χ0v) is 16.3. The Balaban J connectivity index is 1.23. The number of carbonyl (C=O) groups excluding carboxylic acids is 2. The summed E-state index contributed by atoms with van der Waals surface area (Å²) in [6.07, 6.45) is 0. The minimum atomic E-state index is -0.413. The number of hydrogen-bond donors (Lipinski definition) is 0. The van der Waals surface area contributed by atoms with Gasteiger partial charge in [0.25, 0.3) is 5.78 Å². The molecular weight excluding hydrogens is 362 g/mol. The third-order valence-corrected chi connectivity index (χ3v) is 5.96. The second-order valence-corrected chi connectivity index (χ2v) is 7.75. The molecule has 2 aliphatic rings. The average Bonchev–Trinajstić information content (AvgIpc) is 3.00. The van der Waals surface area contributed by atoms with Crippen LogP contribution in [0.4, 0.5) is 5.69 Å². The van der Waals surface area contributed by atoms with Crippen LogP contribution < -0.4 is 4.90 Å². The number of piperazine rings is 1. The van der Waals surface area contributed by atoms with E-state index in [2.05, 4.69) is 52.3 Å². The van der Waals surface area contributed by atoms with E-state index in [1.807, 2.05) is 12.1 Å². The van der Waals surface area contributed by atoms with Crippen LogP contribution in [0.15, 0.2) is 66.7 Å². The summed E-state index contributed by atoms with van der Waals surface area (Å²) < 4.78 is 0. The third-order valence-electron chi connectivity index (χ3n) is 5.96. The van der Waals surface area contributed by atoms with E-state index in [4.69, 9.17) is 0 Å². The summed E-state index contributed by atoms with van der Waals surface area (Å²) >= 11 is 0. The number of amides is 1. The highest BCUT2D eigenvalue weighted by molar-refractivity contribution is 6.52. The summed E-state index contributed by atoms with van der Waals surface area (Å²) in [6, 6.07) is 22.3. The van der Waals surface area contributed by atoms with Gasteiger partial charge in [-0.3, -0.25) is 24.3 Å². The lowest BCUT2D eigenvalue weighted by Gasteiger charge is -2.36. The van der Waals surface area contributed by atoms with E-state index >= 15 is 0 Å². The van der Waals surface area contributed by atoms with Crippen LogP contribution in [0.5, 0.6) is 0 Å². The molecule has 0 atom stereocenters. The first-order valence-electron chi connectivity index (χ1n) is 10.1. The Morgan fingerprint density at radius 2 is 1.41 bits per heavy atom. The molecular formula is C24H23N3O2. The molecule has 5 heteroatoms. The Morgan fingerprint density at radius 3 is 2.28 bits per heavy atom. The molecule has 2 aliphatic heterocycles. The van der Waals surface area contributed by atoms with Gasteiger partial charge in [-0.2, -0.15) is 0 Å². The Morgan fingerprint density at radius 1 is 0.724 bits per heavy atom. The molecule has 146 valence electrons. The van der Waals surface area contributed by atoms with Crippen LogP contribution in [0, 0.1) is 0 Å². The molecule has 0 N–H and O–H groups in total. The van der Waals surface area contributed by atoms with Crippen molar-refractivity contribution in [2.75, 3.05) is 37.7 Å². The van der Waals surface area contributed by atoms with Crippen molar-refractivity contribution < 1.29 is 9.59 Å². The van der Waals surface area contributed by atoms with Gasteiger partial charge in [0.1, 0.15) is 0 Å². The zero-order chi connectivity index (χ0) is 19.8. The third kappa shape index (κ3) is 3.33. The second-order valence-electron chi connectivity index (χ2n) is 7.75. The van der Waals surface area contributed by atoms with Gasteiger partial charge >= 0.3 is 5.91 Å². The predicted octanol–water partition coefficient (Wildman–Crippen LogP) is 3.14. The molecule has 5 nitrogen and oxygen atoms in total. The van der Waals surface area contributed by atoms with Gasteiger partial charge in [-0.05, 0) is 28.5 Å². The monoisotopic (exact) mass is 385 g/mol. The second kappa shape index (κ2) is 7.43. The van der Waals surface area contributed by atoms with Crippen LogP contribution in [-0.4, -0.2) is 54.3 Å². The van der Waals surface area contributed by atoms with Crippen molar-refractivity contribution in [1.29, 1.82) is 0 Å². The van der Waals surface area contributed by atoms with Crippen molar-refractivity contribution in [1.82, 2.24) is 9.80 Å². The molecule has 0 aliphatic carbocycles. The molecule has 0 bridgehead atoms. The van der Waals surface area contributed by atoms with Crippen LogP contribution >= 0.6 is 0 Å². The molecule has 1 amide bonds. The smallest absolute Gasteiger partial charge is 0.297 e. The topological polar surface area (TPSA) is 43.9 Å². The van der Waals surface area contributed by atoms with Crippen molar-refractivity contribution in [2.24, 2.45) is 0 Å².